The van der Waals surface area contributed by atoms with E-state index in [2.05, 4.69) is 138 Å². The van der Waals surface area contributed by atoms with Crippen LogP contribution in [0.25, 0.3) is 16.3 Å². The Morgan fingerprint density at radius 3 is 2.34 bits per heavy atom. The number of hydrogen-bond donors (Lipinski definition) is 0. The summed E-state index contributed by atoms with van der Waals surface area (Å²) < 4.78 is 3.46. The summed E-state index contributed by atoms with van der Waals surface area (Å²) in [6.45, 7) is 0. The third-order valence-corrected chi connectivity index (χ3v) is 10.5. The number of allylic oxidation sites excluding steroid dienone is 5. The molecule has 0 saturated heterocycles. The standard InChI is InChI=1S/C37H30ClN3S2.Cf/c1-39-31-15-9-10-16-33(31)42-35(39)23-19-26-17-18-27(20-24-36-40(2)32-25-28(38)21-22-34(32)43-36)37(26)41(29-11-5-3-6-12-29)30-13-7-4-8-14-30;/h3-8,10-16,19-25H,17-18H2,1-2H3;. The van der Waals surface area contributed by atoms with Crippen LogP contribution in [0.3, 0.4) is 0 Å². The summed E-state index contributed by atoms with van der Waals surface area (Å²) in [5, 5.41) is 3.16. The Morgan fingerprint density at radius 2 is 1.64 bits per heavy atom. The fourth-order valence-electron chi connectivity index (χ4n) is 5.72. The van der Waals surface area contributed by atoms with Crippen LogP contribution in [0.4, 0.5) is 17.1 Å². The zero-order valence-electron chi connectivity index (χ0n) is 24.3. The van der Waals surface area contributed by atoms with Gasteiger partial charge in [0.05, 0.1) is 10.7 Å². The monoisotopic (exact) mass is 864 g/mol. The summed E-state index contributed by atoms with van der Waals surface area (Å²) in [6, 6.07) is 36.9. The van der Waals surface area contributed by atoms with Crippen molar-refractivity contribution < 1.29 is 4.57 Å². The Kier molecular flexibility index (Phi) is 8.12. The summed E-state index contributed by atoms with van der Waals surface area (Å²) in [4.78, 5) is 5.94. The van der Waals surface area contributed by atoms with E-state index in [-0.39, 0.29) is 0 Å². The molecule has 1 aliphatic carbocycles. The van der Waals surface area contributed by atoms with Gasteiger partial charge in [0.1, 0.15) is 11.7 Å². The topological polar surface area (TPSA) is 10.4 Å². The molecule has 1 aliphatic heterocycles. The number of para-hydroxylation sites is 2. The van der Waals surface area contributed by atoms with Crippen LogP contribution in [0.1, 0.15) is 17.8 Å². The second-order valence-electron chi connectivity index (χ2n) is 10.6. The van der Waals surface area contributed by atoms with Crippen LogP contribution in [-0.4, -0.2) is 7.05 Å². The van der Waals surface area contributed by atoms with E-state index in [0.717, 1.165) is 34.8 Å². The van der Waals surface area contributed by atoms with Gasteiger partial charge in [0, 0.05) is 28.5 Å². The third-order valence-electron chi connectivity index (χ3n) is 7.92. The predicted molar refractivity (Wildman–Crippen MR) is 184 cm³/mol. The van der Waals surface area contributed by atoms with Crippen molar-refractivity contribution in [2.75, 3.05) is 16.8 Å². The molecule has 0 atom stereocenters. The average molecular weight is 867 g/mol. The number of nitrogens with zero attached hydrogens (tertiary/aromatic N) is 3. The fourth-order valence-corrected chi connectivity index (χ4v) is 7.95. The van der Waals surface area contributed by atoms with Gasteiger partial charge in [0.2, 0.25) is 5.52 Å². The van der Waals surface area contributed by atoms with E-state index in [0.29, 0.717) is 0 Å². The normalized spacial score (nSPS) is 16.4. The molecule has 2 aliphatic rings. The SMILES string of the molecule is CN1C(=CC=C2CCC(C=Cc3sc4ccc(Cl)cc4[n+]3C)=C2N(c2ccccc2)c2ccccc2)Sc2cc[c-]cc21.[Cf]. The van der Waals surface area contributed by atoms with Gasteiger partial charge >= 0.3 is 0 Å². The Morgan fingerprint density at radius 1 is 0.909 bits per heavy atom. The summed E-state index contributed by atoms with van der Waals surface area (Å²) in [6.07, 6.45) is 11.1. The van der Waals surface area contributed by atoms with E-state index in [1.807, 2.05) is 30.0 Å². The molecular weight excluding hydrogens is 837 g/mol. The first-order valence-corrected chi connectivity index (χ1v) is 16.3. The molecule has 0 fully saturated rings. The fraction of sp³-hybridized carbons (Fsp3) is 0.108. The molecule has 44 heavy (non-hydrogen) atoms. The van der Waals surface area contributed by atoms with E-state index >= 15 is 0 Å². The number of thioether (sulfide) groups is 1. The van der Waals surface area contributed by atoms with Crippen molar-refractivity contribution in [2.45, 2.75) is 17.7 Å². The molecule has 5 aromatic rings. The van der Waals surface area contributed by atoms with Crippen LogP contribution in [-0.2, 0) is 7.05 Å². The van der Waals surface area contributed by atoms with Crippen LogP contribution in [0.15, 0.2) is 142 Å². The third kappa shape index (κ3) is 5.42. The van der Waals surface area contributed by atoms with Crippen molar-refractivity contribution in [3.63, 3.8) is 0 Å². The maximum atomic E-state index is 6.32. The minimum Gasteiger partial charge on any atom is -0.391 e. The molecule has 0 amide bonds. The van der Waals surface area contributed by atoms with Gasteiger partial charge in [-0.3, -0.25) is 0 Å². The first kappa shape index (κ1) is 29.1. The van der Waals surface area contributed by atoms with Gasteiger partial charge in [-0.15, -0.1) is 0 Å². The molecule has 0 saturated carbocycles. The van der Waals surface area contributed by atoms with Crippen molar-refractivity contribution in [2.24, 2.45) is 7.05 Å². The first-order valence-electron chi connectivity index (χ1n) is 14.3. The largest absolute Gasteiger partial charge is 0.391 e. The second-order valence-corrected chi connectivity index (χ2v) is 13.1. The molecule has 0 N–H and O–H groups in total. The van der Waals surface area contributed by atoms with Crippen LogP contribution in [0, 0.1) is 6.07 Å². The predicted octanol–water partition coefficient (Wildman–Crippen LogP) is 10.1. The van der Waals surface area contributed by atoms with Gasteiger partial charge in [-0.25, -0.2) is 0 Å². The number of benzene rings is 4. The molecule has 2 heterocycles. The molecule has 0 bridgehead atoms. The number of hydrogen-bond acceptors (Lipinski definition) is 4. The maximum Gasteiger partial charge on any atom is 0.262 e. The number of rotatable bonds is 6. The zero-order valence-corrected chi connectivity index (χ0v) is 29.3. The van der Waals surface area contributed by atoms with Crippen LogP contribution in [0.5, 0.6) is 0 Å². The minimum atomic E-state index is 0. The molecule has 7 heteroatoms. The van der Waals surface area contributed by atoms with E-state index in [9.17, 15) is 0 Å². The number of halogens is 1. The molecule has 222 valence electrons. The van der Waals surface area contributed by atoms with Crippen LogP contribution >= 0.6 is 34.7 Å². The maximum absolute atomic E-state index is 6.32. The quantitative estimate of drug-likeness (QED) is 0.124. The Hall–Kier alpha value is -5.03. The van der Waals surface area contributed by atoms with Crippen molar-refractivity contribution >= 4 is 68.1 Å². The molecule has 0 radical (unpaired) electrons. The summed E-state index contributed by atoms with van der Waals surface area (Å²) in [7, 11) is 4.25. The smallest absolute Gasteiger partial charge is 0.262 e. The number of aromatic nitrogens is 1. The second kappa shape index (κ2) is 12.3. The van der Waals surface area contributed by atoms with Crippen molar-refractivity contribution in [3.05, 3.63) is 153 Å². The molecule has 0 spiro atoms. The number of anilines is 3. The van der Waals surface area contributed by atoms with Crippen molar-refractivity contribution in [1.82, 2.24) is 0 Å². The summed E-state index contributed by atoms with van der Waals surface area (Å²) in [5.74, 6) is 0. The molecule has 0 unspecified atom stereocenters. The molecule has 4 aromatic carbocycles. The van der Waals surface area contributed by atoms with E-state index in [1.54, 1.807) is 11.3 Å². The number of fused-ring (bicyclic) bond motifs is 2. The Bertz CT molecular complexity index is 1900. The Balaban J connectivity index is 0.00000343. The average Bonchev–Trinajstić information content (AvgIpc) is 3.69. The number of thiazole rings is 1. The summed E-state index contributed by atoms with van der Waals surface area (Å²) in [5.41, 5.74) is 8.53. The van der Waals surface area contributed by atoms with E-state index in [1.165, 1.54) is 42.2 Å². The van der Waals surface area contributed by atoms with E-state index in [4.69, 9.17) is 11.6 Å². The van der Waals surface area contributed by atoms with Gasteiger partial charge in [0.25, 0.3) is 5.01 Å². The van der Waals surface area contributed by atoms with Gasteiger partial charge in [-0.1, -0.05) is 87.8 Å². The summed E-state index contributed by atoms with van der Waals surface area (Å²) >= 11 is 9.92. The zero-order chi connectivity index (χ0) is 29.3. The van der Waals surface area contributed by atoms with Crippen LogP contribution in [0.2, 0.25) is 5.02 Å². The molecular formula is C37H30CfClN3S2. The van der Waals surface area contributed by atoms with Crippen molar-refractivity contribution in [1.29, 1.82) is 0 Å². The van der Waals surface area contributed by atoms with E-state index < -0.39 is 0 Å². The van der Waals surface area contributed by atoms with Gasteiger partial charge in [0.15, 0.2) is 0 Å². The van der Waals surface area contributed by atoms with Gasteiger partial charge < -0.3 is 9.80 Å². The van der Waals surface area contributed by atoms with Crippen LogP contribution < -0.4 is 14.4 Å². The first-order chi connectivity index (χ1) is 21.1. The number of aryl methyl sites for hydroxylation is 1. The molecule has 1 aromatic heterocycles. The minimum absolute atomic E-state index is 0. The Labute approximate surface area is 266 Å². The van der Waals surface area contributed by atoms with Crippen molar-refractivity contribution in [3.8, 4) is 0 Å². The molecule has 7 rings (SSSR count). The van der Waals surface area contributed by atoms with Gasteiger partial charge in [-0.05, 0) is 79.6 Å². The van der Waals surface area contributed by atoms with Gasteiger partial charge in [-0.2, -0.15) is 28.8 Å². The molecule has 3 nitrogen and oxygen atoms in total.